The van der Waals surface area contributed by atoms with Crippen molar-refractivity contribution in [2.24, 2.45) is 16.3 Å². The zero-order valence-corrected chi connectivity index (χ0v) is 35.0. The molecule has 0 saturated carbocycles. The zero-order valence-electron chi connectivity index (χ0n) is 33.3. The fourth-order valence-electron chi connectivity index (χ4n) is 4.02. The second kappa shape index (κ2) is 26.8. The van der Waals surface area contributed by atoms with Gasteiger partial charge in [0.05, 0.1) is 26.4 Å². The predicted molar refractivity (Wildman–Crippen MR) is 206 cm³/mol. The summed E-state index contributed by atoms with van der Waals surface area (Å²) in [5.41, 5.74) is -3.00. The Morgan fingerprint density at radius 3 is 1.94 bits per heavy atom. The first-order chi connectivity index (χ1) is 24.7. The molecule has 0 aliphatic heterocycles. The van der Waals surface area contributed by atoms with E-state index < -0.39 is 52.9 Å². The van der Waals surface area contributed by atoms with Gasteiger partial charge in [-0.1, -0.05) is 31.1 Å². The molecule has 0 fully saturated rings. The van der Waals surface area contributed by atoms with Crippen molar-refractivity contribution in [3.05, 3.63) is 0 Å². The van der Waals surface area contributed by atoms with Gasteiger partial charge in [0.15, 0.2) is 6.10 Å². The van der Waals surface area contributed by atoms with Crippen molar-refractivity contribution in [2.75, 3.05) is 58.5 Å². The van der Waals surface area contributed by atoms with E-state index in [0.29, 0.717) is 31.9 Å². The molecule has 0 aromatic carbocycles. The Kier molecular flexibility index (Phi) is 25.3. The van der Waals surface area contributed by atoms with E-state index in [4.69, 9.17) is 33.2 Å². The van der Waals surface area contributed by atoms with Crippen LogP contribution in [0, 0.1) is 11.3 Å². The number of thiol groups is 1. The predicted octanol–water partition coefficient (Wildman–Crippen LogP) is 5.82. The third-order valence-electron chi connectivity index (χ3n) is 6.80. The molecule has 3 unspecified atom stereocenters. The van der Waals surface area contributed by atoms with Gasteiger partial charge in [0.2, 0.25) is 5.96 Å². The topological polar surface area (TPSA) is 198 Å². The summed E-state index contributed by atoms with van der Waals surface area (Å²) in [7, 11) is 1.52. The van der Waals surface area contributed by atoms with Crippen LogP contribution in [0.2, 0.25) is 0 Å². The van der Waals surface area contributed by atoms with E-state index in [1.54, 1.807) is 48.5 Å². The minimum atomic E-state index is -1.37. The van der Waals surface area contributed by atoms with Gasteiger partial charge in [-0.3, -0.25) is 15.4 Å². The second-order valence-corrected chi connectivity index (χ2v) is 15.8. The lowest BCUT2D eigenvalue weighted by Crippen LogP contribution is -2.47. The molecule has 0 aliphatic carbocycles. The van der Waals surface area contributed by atoms with E-state index in [2.05, 4.69) is 39.5 Å². The summed E-state index contributed by atoms with van der Waals surface area (Å²) in [5, 5.41) is 7.43. The van der Waals surface area contributed by atoms with Crippen LogP contribution in [0.25, 0.3) is 0 Å². The number of rotatable bonds is 23. The molecule has 0 spiro atoms. The quantitative estimate of drug-likeness (QED) is 0.0184. The molecule has 0 radical (unpaired) electrons. The van der Waals surface area contributed by atoms with Crippen LogP contribution in [0.5, 0.6) is 0 Å². The molecule has 18 heteroatoms. The van der Waals surface area contributed by atoms with Crippen molar-refractivity contribution < 1.29 is 57.1 Å². The highest BCUT2D eigenvalue weighted by molar-refractivity contribution is 8.68. The number of carbonyl (C=O) groups excluding carboxylic acids is 5. The van der Waals surface area contributed by atoms with E-state index in [1.807, 2.05) is 6.92 Å². The minimum Gasteiger partial charge on any atom is -0.463 e. The smallest absolute Gasteiger partial charge is 0.414 e. The molecule has 0 aliphatic rings. The van der Waals surface area contributed by atoms with Crippen molar-refractivity contribution in [2.45, 2.75) is 119 Å². The van der Waals surface area contributed by atoms with Crippen LogP contribution >= 0.6 is 22.5 Å². The first-order valence-corrected chi connectivity index (χ1v) is 20.0. The van der Waals surface area contributed by atoms with Crippen molar-refractivity contribution in [1.82, 2.24) is 16.0 Å². The molecule has 0 rings (SSSR count). The molecule has 0 aromatic rings. The summed E-state index contributed by atoms with van der Waals surface area (Å²) < 4.78 is 37.6. The molecule has 0 bridgehead atoms. The minimum absolute atomic E-state index is 0.0928. The van der Waals surface area contributed by atoms with Crippen molar-refractivity contribution in [3.63, 3.8) is 0 Å². The van der Waals surface area contributed by atoms with Crippen LogP contribution in [-0.4, -0.2) is 112 Å². The van der Waals surface area contributed by atoms with Crippen molar-refractivity contribution >= 4 is 58.6 Å². The van der Waals surface area contributed by atoms with E-state index in [1.165, 1.54) is 17.7 Å². The number of esters is 2. The number of aliphatic imine (C=N–C) groups is 1. The Morgan fingerprint density at radius 1 is 0.774 bits per heavy atom. The lowest BCUT2D eigenvalue weighted by molar-refractivity contribution is -0.171. The third-order valence-corrected chi connectivity index (χ3v) is 7.86. The maximum atomic E-state index is 13.2. The van der Waals surface area contributed by atoms with E-state index >= 15 is 0 Å². The molecule has 0 aromatic heterocycles. The molecule has 0 heterocycles. The molecule has 308 valence electrons. The van der Waals surface area contributed by atoms with E-state index in [0.717, 1.165) is 25.0 Å². The fraction of sp³-hybridized carbons (Fsp3) is 0.829. The molecule has 3 atom stereocenters. The Hall–Kier alpha value is -2.96. The normalized spacial score (nSPS) is 13.7. The highest BCUT2D eigenvalue weighted by Gasteiger charge is 2.38. The average Bonchev–Trinajstić information content (AvgIpc) is 3.04. The first-order valence-electron chi connectivity index (χ1n) is 18.0. The Morgan fingerprint density at radius 2 is 1.40 bits per heavy atom. The first kappa shape index (κ1) is 50.0. The Labute approximate surface area is 324 Å². The summed E-state index contributed by atoms with van der Waals surface area (Å²) in [6.45, 7) is 17.4. The largest absolute Gasteiger partial charge is 0.463 e. The average molecular weight is 797 g/mol. The molecule has 53 heavy (non-hydrogen) atoms. The molecular formula is C35H64N4O12S2. The van der Waals surface area contributed by atoms with Crippen LogP contribution in [-0.2, 0) is 42.7 Å². The number of ether oxygens (including phenoxy) is 7. The van der Waals surface area contributed by atoms with Gasteiger partial charge < -0.3 is 38.5 Å². The summed E-state index contributed by atoms with van der Waals surface area (Å²) in [5.74, 6) is -0.145. The fourth-order valence-corrected chi connectivity index (χ4v) is 5.27. The van der Waals surface area contributed by atoms with Gasteiger partial charge in [-0.25, -0.2) is 24.2 Å². The number of hydrogen-bond donors (Lipinski definition) is 4. The monoisotopic (exact) mass is 796 g/mol. The standard InChI is InChI=1S/C35H64N4O12S2/c1-11-18-45-23-35(10,24-49-27(40)25(3)46-19-14-20-48-30(42)37-16-13-15-26(12-2)22-53-52)28(41)47-21-17-36-29(38-31(43)50-33(4,5)6)39-32(44)51-34(7,8)9/h25-26,52H,11-24H2,1-10H3,(H,37,42)(H2,36,38,39,43,44). The molecule has 3 N–H and O–H groups in total. The molecule has 3 amide bonds. The number of nitrogens with zero attached hydrogens (tertiary/aromatic N) is 1. The molecule has 0 saturated heterocycles. The van der Waals surface area contributed by atoms with Gasteiger partial charge in [0.25, 0.3) is 0 Å². The number of hydrogen-bond acceptors (Lipinski definition) is 15. The SMILES string of the molecule is CCCOCC(C)(COC(=O)C(C)OCCCOC(=O)NCCCC(CC)CSS)C(=O)OCCN=C(NC(=O)OC(C)(C)C)NC(=O)OC(C)(C)C. The maximum absolute atomic E-state index is 13.2. The number of alkyl carbamates (subject to hydrolysis) is 3. The van der Waals surface area contributed by atoms with E-state index in [-0.39, 0.29) is 45.5 Å². The van der Waals surface area contributed by atoms with Gasteiger partial charge >= 0.3 is 30.2 Å². The van der Waals surface area contributed by atoms with Gasteiger partial charge in [0.1, 0.15) is 29.8 Å². The van der Waals surface area contributed by atoms with Crippen LogP contribution in [0.1, 0.15) is 101 Å². The van der Waals surface area contributed by atoms with Crippen LogP contribution in [0.3, 0.4) is 0 Å². The lowest BCUT2D eigenvalue weighted by atomic mass is 9.93. The van der Waals surface area contributed by atoms with Crippen LogP contribution in [0.15, 0.2) is 4.99 Å². The summed E-state index contributed by atoms with van der Waals surface area (Å²) in [6, 6.07) is 0. The number of amides is 3. The van der Waals surface area contributed by atoms with Crippen molar-refractivity contribution in [1.29, 1.82) is 0 Å². The number of carbonyl (C=O) groups is 5. The lowest BCUT2D eigenvalue weighted by Gasteiger charge is -2.27. The third kappa shape index (κ3) is 26.5. The van der Waals surface area contributed by atoms with Gasteiger partial charge in [-0.2, -0.15) is 0 Å². The Bertz CT molecular complexity index is 1120. The zero-order chi connectivity index (χ0) is 40.5. The number of guanidine groups is 1. The van der Waals surface area contributed by atoms with Gasteiger partial charge in [-0.15, -0.1) is 11.7 Å². The summed E-state index contributed by atoms with van der Waals surface area (Å²) >= 11 is 4.20. The van der Waals surface area contributed by atoms with Crippen LogP contribution < -0.4 is 16.0 Å². The molecular weight excluding hydrogens is 733 g/mol. The summed E-state index contributed by atoms with van der Waals surface area (Å²) in [6.07, 6.45) is 0.786. The highest BCUT2D eigenvalue weighted by atomic mass is 33.1. The van der Waals surface area contributed by atoms with E-state index in [9.17, 15) is 24.0 Å². The van der Waals surface area contributed by atoms with Gasteiger partial charge in [0, 0.05) is 25.3 Å². The Balaban J connectivity index is 5.00. The van der Waals surface area contributed by atoms with Crippen molar-refractivity contribution in [3.8, 4) is 0 Å². The number of nitrogens with one attached hydrogen (secondary N) is 3. The highest BCUT2D eigenvalue weighted by Crippen LogP contribution is 2.21. The molecule has 16 nitrogen and oxygen atoms in total. The summed E-state index contributed by atoms with van der Waals surface area (Å²) in [4.78, 5) is 66.6. The maximum Gasteiger partial charge on any atom is 0.414 e. The van der Waals surface area contributed by atoms with Gasteiger partial charge in [-0.05, 0) is 80.6 Å². The second-order valence-electron chi connectivity index (χ2n) is 14.5. The van der Waals surface area contributed by atoms with Crippen LogP contribution in [0.4, 0.5) is 14.4 Å².